The Morgan fingerprint density at radius 3 is 2.64 bits per heavy atom. The third-order valence-corrected chi connectivity index (χ3v) is 5.36. The Kier molecular flexibility index (Phi) is 3.18. The van der Waals surface area contributed by atoms with Crippen molar-refractivity contribution in [2.45, 2.75) is 18.4 Å². The van der Waals surface area contributed by atoms with E-state index < -0.39 is 0 Å². The van der Waals surface area contributed by atoms with Crippen LogP contribution in [0.4, 0.5) is 4.79 Å². The van der Waals surface area contributed by atoms with Gasteiger partial charge in [-0.05, 0) is 12.0 Å². The molecule has 3 saturated heterocycles. The molecule has 5 nitrogen and oxygen atoms in total. The van der Waals surface area contributed by atoms with Crippen molar-refractivity contribution in [3.05, 3.63) is 35.9 Å². The van der Waals surface area contributed by atoms with Crippen molar-refractivity contribution >= 4 is 6.03 Å². The molecule has 0 saturated carbocycles. The van der Waals surface area contributed by atoms with Crippen LogP contribution in [0.2, 0.25) is 0 Å². The van der Waals surface area contributed by atoms with Gasteiger partial charge >= 0.3 is 6.03 Å². The summed E-state index contributed by atoms with van der Waals surface area (Å²) in [5, 5.41) is 9.04. The van der Waals surface area contributed by atoms with Gasteiger partial charge < -0.3 is 14.7 Å². The van der Waals surface area contributed by atoms with Crippen molar-refractivity contribution in [2.75, 3.05) is 32.7 Å². The molecule has 1 aromatic carbocycles. The average Bonchev–Trinajstić information content (AvgIpc) is 3.06. The van der Waals surface area contributed by atoms with E-state index in [1.165, 1.54) is 5.56 Å². The predicted molar refractivity (Wildman–Crippen MR) is 81.9 cm³/mol. The first kappa shape index (κ1) is 13.4. The van der Waals surface area contributed by atoms with E-state index in [-0.39, 0.29) is 12.1 Å². The van der Waals surface area contributed by atoms with Crippen LogP contribution in [0.1, 0.15) is 17.9 Å². The van der Waals surface area contributed by atoms with Crippen molar-refractivity contribution in [1.82, 2.24) is 14.7 Å². The van der Waals surface area contributed by atoms with E-state index >= 15 is 0 Å². The Hall–Kier alpha value is -2.22. The topological polar surface area (TPSA) is 50.6 Å². The third kappa shape index (κ3) is 2.10. The van der Waals surface area contributed by atoms with Gasteiger partial charge in [-0.3, -0.25) is 0 Å². The summed E-state index contributed by atoms with van der Waals surface area (Å²) in [6, 6.07) is 10.8. The molecular weight excluding hydrogens is 276 g/mol. The van der Waals surface area contributed by atoms with Crippen molar-refractivity contribution < 1.29 is 4.79 Å². The number of carbonyl (C=O) groups excluding carboxylic acids is 1. The molecule has 3 heterocycles. The Morgan fingerprint density at radius 1 is 1.14 bits per heavy atom. The zero-order chi connectivity index (χ0) is 15.1. The van der Waals surface area contributed by atoms with Crippen LogP contribution >= 0.6 is 0 Å². The van der Waals surface area contributed by atoms with E-state index in [4.69, 9.17) is 5.26 Å². The minimum Gasteiger partial charge on any atom is -0.323 e. The summed E-state index contributed by atoms with van der Waals surface area (Å²) in [5.41, 5.74) is 1.32. The number of nitrogens with zero attached hydrogens (tertiary/aromatic N) is 4. The molecule has 0 aliphatic carbocycles. The number of nitriles is 1. The van der Waals surface area contributed by atoms with E-state index in [1.807, 2.05) is 15.9 Å². The van der Waals surface area contributed by atoms with Gasteiger partial charge in [-0.2, -0.15) is 5.26 Å². The molecule has 3 aliphatic heterocycles. The zero-order valence-electron chi connectivity index (χ0n) is 12.6. The summed E-state index contributed by atoms with van der Waals surface area (Å²) in [4.78, 5) is 18.4. The minimum atomic E-state index is 0.166. The van der Waals surface area contributed by atoms with Crippen LogP contribution in [0, 0.1) is 17.4 Å². The first-order chi connectivity index (χ1) is 10.8. The van der Waals surface area contributed by atoms with E-state index in [0.717, 1.165) is 32.6 Å². The van der Waals surface area contributed by atoms with Crippen LogP contribution in [-0.4, -0.2) is 59.5 Å². The molecule has 2 atom stereocenters. The van der Waals surface area contributed by atoms with Crippen LogP contribution < -0.4 is 0 Å². The Bertz CT molecular complexity index is 605. The number of benzene rings is 1. The molecule has 114 valence electrons. The molecule has 2 amide bonds. The van der Waals surface area contributed by atoms with Gasteiger partial charge in [-0.25, -0.2) is 4.79 Å². The highest BCUT2D eigenvalue weighted by molar-refractivity contribution is 5.76. The van der Waals surface area contributed by atoms with E-state index in [9.17, 15) is 4.79 Å². The SMILES string of the molecule is N#CN1C[C@H]2CCN(C(=O)N3CC(c4ccccc4)C3)[C@H]2C1. The summed E-state index contributed by atoms with van der Waals surface area (Å²) in [6.45, 7) is 4.01. The summed E-state index contributed by atoms with van der Waals surface area (Å²) >= 11 is 0. The van der Waals surface area contributed by atoms with Crippen LogP contribution in [0.5, 0.6) is 0 Å². The lowest BCUT2D eigenvalue weighted by Gasteiger charge is -2.42. The van der Waals surface area contributed by atoms with Gasteiger partial charge in [0, 0.05) is 44.6 Å². The molecule has 22 heavy (non-hydrogen) atoms. The number of likely N-dealkylation sites (tertiary alicyclic amines) is 3. The Balaban J connectivity index is 1.37. The Morgan fingerprint density at radius 2 is 1.91 bits per heavy atom. The number of hydrogen-bond acceptors (Lipinski definition) is 3. The molecule has 0 N–H and O–H groups in total. The summed E-state index contributed by atoms with van der Waals surface area (Å²) in [5.74, 6) is 0.956. The molecule has 0 spiro atoms. The molecule has 0 bridgehead atoms. The number of urea groups is 1. The van der Waals surface area contributed by atoms with Gasteiger partial charge in [-0.1, -0.05) is 30.3 Å². The lowest BCUT2D eigenvalue weighted by atomic mass is 9.92. The molecule has 3 aliphatic rings. The molecule has 0 aromatic heterocycles. The number of hydrogen-bond donors (Lipinski definition) is 0. The molecule has 4 rings (SSSR count). The van der Waals surface area contributed by atoms with Crippen molar-refractivity contribution in [1.29, 1.82) is 5.26 Å². The summed E-state index contributed by atoms with van der Waals surface area (Å²) < 4.78 is 0. The zero-order valence-corrected chi connectivity index (χ0v) is 12.6. The summed E-state index contributed by atoms with van der Waals surface area (Å²) in [6.07, 6.45) is 3.25. The fourth-order valence-corrected chi connectivity index (χ4v) is 4.03. The molecular formula is C17H20N4O. The highest BCUT2D eigenvalue weighted by Gasteiger charge is 2.46. The average molecular weight is 296 g/mol. The maximum absolute atomic E-state index is 12.7. The molecule has 1 aromatic rings. The number of fused-ring (bicyclic) bond motifs is 1. The second kappa shape index (κ2) is 5.20. The normalized spacial score (nSPS) is 27.5. The van der Waals surface area contributed by atoms with Gasteiger partial charge in [0.05, 0.1) is 6.04 Å². The molecule has 5 heteroatoms. The van der Waals surface area contributed by atoms with E-state index in [1.54, 1.807) is 4.90 Å². The highest BCUT2D eigenvalue weighted by atomic mass is 16.2. The first-order valence-electron chi connectivity index (χ1n) is 8.01. The molecule has 0 unspecified atom stereocenters. The van der Waals surface area contributed by atoms with Crippen LogP contribution in [0.15, 0.2) is 30.3 Å². The smallest absolute Gasteiger partial charge is 0.320 e. The lowest BCUT2D eigenvalue weighted by Crippen LogP contribution is -2.55. The standard InChI is InChI=1S/C17H20N4O/c18-12-19-8-14-6-7-21(16(14)11-19)17(22)20-9-15(10-20)13-4-2-1-3-5-13/h1-5,14-16H,6-11H2/t14-,16+/m1/s1. The monoisotopic (exact) mass is 296 g/mol. The minimum absolute atomic E-state index is 0.166. The lowest BCUT2D eigenvalue weighted by molar-refractivity contribution is 0.109. The third-order valence-electron chi connectivity index (χ3n) is 5.36. The number of carbonyl (C=O) groups is 1. The van der Waals surface area contributed by atoms with Gasteiger partial charge in [0.1, 0.15) is 0 Å². The van der Waals surface area contributed by atoms with Crippen molar-refractivity contribution in [2.24, 2.45) is 5.92 Å². The predicted octanol–water partition coefficient (Wildman–Crippen LogP) is 1.69. The summed E-state index contributed by atoms with van der Waals surface area (Å²) in [7, 11) is 0. The maximum atomic E-state index is 12.7. The van der Waals surface area contributed by atoms with Gasteiger partial charge in [0.15, 0.2) is 6.19 Å². The van der Waals surface area contributed by atoms with E-state index in [0.29, 0.717) is 18.4 Å². The van der Waals surface area contributed by atoms with Crippen molar-refractivity contribution in [3.63, 3.8) is 0 Å². The van der Waals surface area contributed by atoms with Crippen LogP contribution in [0.3, 0.4) is 0 Å². The van der Waals surface area contributed by atoms with Crippen LogP contribution in [-0.2, 0) is 0 Å². The van der Waals surface area contributed by atoms with Crippen LogP contribution in [0.25, 0.3) is 0 Å². The Labute approximate surface area is 130 Å². The maximum Gasteiger partial charge on any atom is 0.320 e. The fraction of sp³-hybridized carbons (Fsp3) is 0.529. The highest BCUT2D eigenvalue weighted by Crippen LogP contribution is 2.34. The largest absolute Gasteiger partial charge is 0.323 e. The molecule has 0 radical (unpaired) electrons. The molecule has 3 fully saturated rings. The van der Waals surface area contributed by atoms with Gasteiger partial charge in [0.25, 0.3) is 0 Å². The van der Waals surface area contributed by atoms with E-state index in [2.05, 4.69) is 30.5 Å². The second-order valence-corrected chi connectivity index (χ2v) is 6.61. The van der Waals surface area contributed by atoms with Crippen molar-refractivity contribution in [3.8, 4) is 6.19 Å². The van der Waals surface area contributed by atoms with Gasteiger partial charge in [0.2, 0.25) is 0 Å². The number of rotatable bonds is 1. The van der Waals surface area contributed by atoms with Gasteiger partial charge in [-0.15, -0.1) is 0 Å². The number of amides is 2. The quantitative estimate of drug-likeness (QED) is 0.741. The fourth-order valence-electron chi connectivity index (χ4n) is 4.03. The first-order valence-corrected chi connectivity index (χ1v) is 8.01. The second-order valence-electron chi connectivity index (χ2n) is 6.61.